The third-order valence-electron chi connectivity index (χ3n) is 6.82. The van der Waals surface area contributed by atoms with Gasteiger partial charge < -0.3 is 24.3 Å². The highest BCUT2D eigenvalue weighted by Gasteiger charge is 2.23. The monoisotopic (exact) mass is 533 g/mol. The van der Waals surface area contributed by atoms with Crippen molar-refractivity contribution in [2.45, 2.75) is 39.3 Å². The maximum Gasteiger partial charge on any atom is 0.335 e. The summed E-state index contributed by atoms with van der Waals surface area (Å²) in [5.74, 6) is 0.168. The van der Waals surface area contributed by atoms with E-state index in [1.54, 1.807) is 18.2 Å². The van der Waals surface area contributed by atoms with Crippen LogP contribution in [0.2, 0.25) is 0 Å². The van der Waals surface area contributed by atoms with Gasteiger partial charge in [-0.2, -0.15) is 4.98 Å². The number of aromatic nitrogens is 1. The van der Waals surface area contributed by atoms with Gasteiger partial charge in [-0.25, -0.2) is 9.18 Å². The second-order valence-corrected chi connectivity index (χ2v) is 9.54. The molecule has 1 aliphatic heterocycles. The highest BCUT2D eigenvalue weighted by molar-refractivity contribution is 5.92. The number of anilines is 1. The summed E-state index contributed by atoms with van der Waals surface area (Å²) in [5.41, 5.74) is 4.02. The number of aromatic carboxylic acids is 1. The van der Waals surface area contributed by atoms with E-state index in [2.05, 4.69) is 27.3 Å². The Labute approximate surface area is 226 Å². The van der Waals surface area contributed by atoms with E-state index in [4.69, 9.17) is 13.9 Å². The number of rotatable bonds is 10. The van der Waals surface area contributed by atoms with Crippen LogP contribution in [0, 0.1) is 5.82 Å². The van der Waals surface area contributed by atoms with Crippen LogP contribution in [0.1, 0.15) is 42.6 Å². The molecule has 0 bridgehead atoms. The number of benzene rings is 3. The fraction of sp³-hybridized carbons (Fsp3) is 0.333. The predicted molar refractivity (Wildman–Crippen MR) is 147 cm³/mol. The highest BCUT2D eigenvalue weighted by Crippen LogP contribution is 2.40. The first-order valence-corrected chi connectivity index (χ1v) is 13.2. The molecule has 9 heteroatoms. The summed E-state index contributed by atoms with van der Waals surface area (Å²) in [6.07, 6.45) is 1.81. The summed E-state index contributed by atoms with van der Waals surface area (Å²) < 4.78 is 31.4. The van der Waals surface area contributed by atoms with Crippen molar-refractivity contribution >= 4 is 23.1 Å². The van der Waals surface area contributed by atoms with Crippen LogP contribution in [-0.4, -0.2) is 53.3 Å². The summed E-state index contributed by atoms with van der Waals surface area (Å²) in [5, 5.41) is 12.6. The maximum absolute atomic E-state index is 13.6. The molecule has 0 radical (unpaired) electrons. The number of oxazole rings is 1. The zero-order valence-electron chi connectivity index (χ0n) is 22.1. The van der Waals surface area contributed by atoms with Crippen molar-refractivity contribution in [2.75, 3.05) is 31.6 Å². The fourth-order valence-electron chi connectivity index (χ4n) is 4.96. The topological polar surface area (TPSA) is 97.1 Å². The molecule has 0 amide bonds. The van der Waals surface area contributed by atoms with Gasteiger partial charge in [0.25, 0.3) is 6.01 Å². The van der Waals surface area contributed by atoms with Gasteiger partial charge in [0.05, 0.1) is 24.3 Å². The molecule has 5 rings (SSSR count). The molecule has 1 aliphatic rings. The van der Waals surface area contributed by atoms with Gasteiger partial charge in [-0.15, -0.1) is 0 Å². The standard InChI is InChI=1S/C30H32FN3O5/c1-3-37-26-15-19(16-27(38-4-2)28(26)20-5-8-22(31)9-6-20)18-34-13-11-23(12-14-34)32-30-33-24-10-7-21(29(35)36)17-25(24)39-30/h5-10,15-17,23H,3-4,11-14,18H2,1-2H3,(H,32,33)(H,35,36). The quantitative estimate of drug-likeness (QED) is 0.249. The number of carboxylic acids is 1. The van der Waals surface area contributed by atoms with Crippen LogP contribution in [0.3, 0.4) is 0 Å². The van der Waals surface area contributed by atoms with E-state index in [9.17, 15) is 14.3 Å². The number of halogens is 1. The van der Waals surface area contributed by atoms with Crippen LogP contribution >= 0.6 is 0 Å². The molecule has 2 N–H and O–H groups in total. The van der Waals surface area contributed by atoms with Gasteiger partial charge in [0, 0.05) is 25.7 Å². The van der Waals surface area contributed by atoms with Gasteiger partial charge in [-0.05, 0) is 80.3 Å². The van der Waals surface area contributed by atoms with Crippen molar-refractivity contribution in [3.8, 4) is 22.6 Å². The maximum atomic E-state index is 13.6. The molecule has 204 valence electrons. The van der Waals surface area contributed by atoms with Crippen molar-refractivity contribution in [1.29, 1.82) is 0 Å². The fourth-order valence-corrected chi connectivity index (χ4v) is 4.96. The number of fused-ring (bicyclic) bond motifs is 1. The van der Waals surface area contributed by atoms with Crippen LogP contribution < -0.4 is 14.8 Å². The van der Waals surface area contributed by atoms with Crippen molar-refractivity contribution < 1.29 is 28.2 Å². The number of carbonyl (C=O) groups is 1. The van der Waals surface area contributed by atoms with Gasteiger partial charge in [0.15, 0.2) is 5.58 Å². The Hall–Kier alpha value is -4.11. The Morgan fingerprint density at radius 3 is 2.33 bits per heavy atom. The molecule has 39 heavy (non-hydrogen) atoms. The lowest BCUT2D eigenvalue weighted by Crippen LogP contribution is -2.38. The number of nitrogens with one attached hydrogen (secondary N) is 1. The van der Waals surface area contributed by atoms with Crippen LogP contribution in [0.15, 0.2) is 59.0 Å². The van der Waals surface area contributed by atoms with Gasteiger partial charge >= 0.3 is 5.97 Å². The zero-order valence-corrected chi connectivity index (χ0v) is 22.1. The van der Waals surface area contributed by atoms with Crippen molar-refractivity contribution in [1.82, 2.24) is 9.88 Å². The van der Waals surface area contributed by atoms with E-state index in [1.165, 1.54) is 24.3 Å². The highest BCUT2D eigenvalue weighted by atomic mass is 19.1. The van der Waals surface area contributed by atoms with Crippen molar-refractivity contribution in [3.05, 3.63) is 71.5 Å². The number of hydrogen-bond donors (Lipinski definition) is 2. The second-order valence-electron chi connectivity index (χ2n) is 9.54. The average molecular weight is 534 g/mol. The molecule has 0 aliphatic carbocycles. The molecule has 0 atom stereocenters. The minimum absolute atomic E-state index is 0.171. The van der Waals surface area contributed by atoms with Gasteiger partial charge in [0.1, 0.15) is 22.8 Å². The number of likely N-dealkylation sites (tertiary alicyclic amines) is 1. The molecule has 0 unspecified atom stereocenters. The molecule has 3 aromatic carbocycles. The van der Waals surface area contributed by atoms with E-state index < -0.39 is 5.97 Å². The lowest BCUT2D eigenvalue weighted by Gasteiger charge is -2.32. The molecular weight excluding hydrogens is 501 g/mol. The van der Waals surface area contributed by atoms with Crippen LogP contribution in [0.25, 0.3) is 22.2 Å². The number of ether oxygens (including phenoxy) is 2. The lowest BCUT2D eigenvalue weighted by atomic mass is 9.99. The van der Waals surface area contributed by atoms with Crippen molar-refractivity contribution in [2.24, 2.45) is 0 Å². The molecule has 1 aromatic heterocycles. The van der Waals surface area contributed by atoms with Gasteiger partial charge in [-0.3, -0.25) is 4.90 Å². The van der Waals surface area contributed by atoms with E-state index in [0.717, 1.165) is 60.7 Å². The molecular formula is C30H32FN3O5. The number of hydrogen-bond acceptors (Lipinski definition) is 7. The second kappa shape index (κ2) is 11.7. The minimum Gasteiger partial charge on any atom is -0.493 e. The SMILES string of the molecule is CCOc1cc(CN2CCC(Nc3nc4ccc(C(=O)O)cc4o3)CC2)cc(OCC)c1-c1ccc(F)cc1. The normalized spacial score (nSPS) is 14.4. The van der Waals surface area contributed by atoms with E-state index in [0.29, 0.717) is 30.3 Å². The molecule has 2 heterocycles. The first-order valence-electron chi connectivity index (χ1n) is 13.2. The third kappa shape index (κ3) is 6.15. The number of carboxylic acid groups (broad SMARTS) is 1. The third-order valence-corrected chi connectivity index (χ3v) is 6.82. The Balaban J connectivity index is 1.26. The molecule has 0 saturated carbocycles. The molecule has 0 spiro atoms. The van der Waals surface area contributed by atoms with Gasteiger partial charge in [0.2, 0.25) is 0 Å². The lowest BCUT2D eigenvalue weighted by molar-refractivity contribution is 0.0697. The van der Waals surface area contributed by atoms with E-state index in [-0.39, 0.29) is 17.4 Å². The minimum atomic E-state index is -0.998. The molecule has 1 fully saturated rings. The first-order chi connectivity index (χ1) is 18.9. The summed E-state index contributed by atoms with van der Waals surface area (Å²) in [6, 6.07) is 15.8. The van der Waals surface area contributed by atoms with Crippen LogP contribution in [-0.2, 0) is 6.54 Å². The Kier molecular flexibility index (Phi) is 7.97. The molecule has 1 saturated heterocycles. The van der Waals surface area contributed by atoms with Crippen LogP contribution in [0.4, 0.5) is 10.4 Å². The number of piperidine rings is 1. The Morgan fingerprint density at radius 2 is 1.72 bits per heavy atom. The van der Waals surface area contributed by atoms with Gasteiger partial charge in [-0.1, -0.05) is 12.1 Å². The summed E-state index contributed by atoms with van der Waals surface area (Å²) in [6.45, 7) is 7.42. The number of nitrogens with zero attached hydrogens (tertiary/aromatic N) is 2. The summed E-state index contributed by atoms with van der Waals surface area (Å²) in [4.78, 5) is 18.1. The predicted octanol–water partition coefficient (Wildman–Crippen LogP) is 6.21. The summed E-state index contributed by atoms with van der Waals surface area (Å²) in [7, 11) is 0. The Bertz CT molecular complexity index is 1420. The van der Waals surface area contributed by atoms with E-state index in [1.807, 2.05) is 13.8 Å². The van der Waals surface area contributed by atoms with Crippen molar-refractivity contribution in [3.63, 3.8) is 0 Å². The Morgan fingerprint density at radius 1 is 1.05 bits per heavy atom. The summed E-state index contributed by atoms with van der Waals surface area (Å²) >= 11 is 0. The largest absolute Gasteiger partial charge is 0.493 e. The molecule has 8 nitrogen and oxygen atoms in total. The smallest absolute Gasteiger partial charge is 0.335 e. The average Bonchev–Trinajstić information content (AvgIpc) is 3.32. The zero-order chi connectivity index (χ0) is 27.4. The van der Waals surface area contributed by atoms with E-state index >= 15 is 0 Å². The van der Waals surface area contributed by atoms with Crippen LogP contribution in [0.5, 0.6) is 11.5 Å². The first kappa shape index (κ1) is 26.5. The molecule has 4 aromatic rings.